The van der Waals surface area contributed by atoms with Crippen molar-refractivity contribution in [3.05, 3.63) is 48.7 Å². The van der Waals surface area contributed by atoms with Crippen LogP contribution in [-0.2, 0) is 0 Å². The van der Waals surface area contributed by atoms with Crippen molar-refractivity contribution in [3.63, 3.8) is 0 Å². The van der Waals surface area contributed by atoms with Crippen molar-refractivity contribution < 1.29 is 19.2 Å². The zero-order valence-corrected chi connectivity index (χ0v) is 22.8. The summed E-state index contributed by atoms with van der Waals surface area (Å²) in [6.07, 6.45) is 2.61. The summed E-state index contributed by atoms with van der Waals surface area (Å²) >= 11 is 3.41. The molecular formula is C22H32N8O5S2. The van der Waals surface area contributed by atoms with Crippen LogP contribution in [0.15, 0.2) is 22.4 Å². The number of azide groups is 2. The molecular weight excluding hydrogens is 520 g/mol. The van der Waals surface area contributed by atoms with E-state index < -0.39 is 16.9 Å². The largest absolute Gasteiger partial charge is 0.493 e. The van der Waals surface area contributed by atoms with Gasteiger partial charge < -0.3 is 14.4 Å². The molecule has 2 rings (SSSR count). The monoisotopic (exact) mass is 552 g/mol. The first-order valence-corrected chi connectivity index (χ1v) is 14.1. The lowest BCUT2D eigenvalue weighted by Gasteiger charge is -2.31. The molecule has 202 valence electrons. The van der Waals surface area contributed by atoms with E-state index in [2.05, 4.69) is 20.1 Å². The van der Waals surface area contributed by atoms with E-state index in [1.165, 1.54) is 19.2 Å². The molecule has 0 unspecified atom stereocenters. The van der Waals surface area contributed by atoms with Crippen molar-refractivity contribution in [1.29, 1.82) is 0 Å². The third kappa shape index (κ3) is 8.53. The second-order valence-electron chi connectivity index (χ2n) is 8.04. The van der Waals surface area contributed by atoms with E-state index in [1.54, 1.807) is 28.4 Å². The average molecular weight is 553 g/mol. The third-order valence-corrected chi connectivity index (χ3v) is 8.47. The first kappa shape index (κ1) is 30.2. The molecule has 0 aromatic heterocycles. The molecule has 0 N–H and O–H groups in total. The fourth-order valence-electron chi connectivity index (χ4n) is 4.08. The van der Waals surface area contributed by atoms with Crippen LogP contribution in [0.3, 0.4) is 0 Å². The fourth-order valence-corrected chi connectivity index (χ4v) is 6.90. The zero-order valence-electron chi connectivity index (χ0n) is 21.2. The highest BCUT2D eigenvalue weighted by Crippen LogP contribution is 2.40. The maximum atomic E-state index is 13.7. The summed E-state index contributed by atoms with van der Waals surface area (Å²) in [6, 6.07) is 1.93. The maximum Gasteiger partial charge on any atom is 0.286 e. The molecule has 0 spiro atoms. The summed E-state index contributed by atoms with van der Waals surface area (Å²) < 4.78 is 11.2. The van der Waals surface area contributed by atoms with Gasteiger partial charge in [-0.15, -0.1) is 23.5 Å². The van der Waals surface area contributed by atoms with Gasteiger partial charge in [0.05, 0.1) is 41.4 Å². The Bertz CT molecular complexity index is 1030. The second kappa shape index (κ2) is 16.0. The minimum Gasteiger partial charge on any atom is -0.493 e. The molecule has 0 radical (unpaired) electrons. The lowest BCUT2D eigenvalue weighted by molar-refractivity contribution is -0.385. The molecule has 2 atom stereocenters. The predicted octanol–water partition coefficient (Wildman–Crippen LogP) is 6.19. The molecule has 1 aliphatic rings. The Balaban J connectivity index is 2.33. The molecule has 0 saturated carbocycles. The van der Waals surface area contributed by atoms with Gasteiger partial charge in [0.1, 0.15) is 5.56 Å². The molecule has 1 aromatic rings. The standard InChI is InChI=1S/C22H32N8O5S2/c1-4-36-22(37-5-2)18-11-15(26-28-24)14-29(18)21(31)16-12-19(34-3)20(13-17(16)30(32)33)35-10-8-6-7-9-25-27-23/h12-13,15,18,22H,4-11,14H2,1-3H3/t15-,18-/m0/s1. The number of carbonyl (C=O) groups excluding carboxylic acids is 1. The van der Waals surface area contributed by atoms with E-state index in [0.29, 0.717) is 25.8 Å². The number of thioether (sulfide) groups is 2. The number of methoxy groups -OCH3 is 1. The van der Waals surface area contributed by atoms with Crippen molar-refractivity contribution in [2.75, 3.05) is 38.3 Å². The Hall–Kier alpha value is -2.99. The number of benzene rings is 1. The molecule has 0 aliphatic carbocycles. The summed E-state index contributed by atoms with van der Waals surface area (Å²) in [5.41, 5.74) is 16.8. The maximum absolute atomic E-state index is 13.7. The van der Waals surface area contributed by atoms with Crippen LogP contribution in [0, 0.1) is 10.1 Å². The van der Waals surface area contributed by atoms with Crippen molar-refractivity contribution in [2.24, 2.45) is 10.2 Å². The highest BCUT2D eigenvalue weighted by molar-refractivity contribution is 8.17. The van der Waals surface area contributed by atoms with Gasteiger partial charge in [-0.05, 0) is 48.3 Å². The van der Waals surface area contributed by atoms with Gasteiger partial charge in [0.2, 0.25) is 0 Å². The summed E-state index contributed by atoms with van der Waals surface area (Å²) in [5, 5.41) is 19.3. The highest BCUT2D eigenvalue weighted by atomic mass is 32.2. The number of unbranched alkanes of at least 4 members (excludes halogenated alkanes) is 2. The van der Waals surface area contributed by atoms with Gasteiger partial charge in [-0.1, -0.05) is 24.1 Å². The molecule has 1 heterocycles. The van der Waals surface area contributed by atoms with Crippen LogP contribution < -0.4 is 9.47 Å². The first-order chi connectivity index (χ1) is 17.9. The third-order valence-electron chi connectivity index (χ3n) is 5.71. The number of nitro benzene ring substituents is 1. The van der Waals surface area contributed by atoms with Crippen LogP contribution in [0.1, 0.15) is 49.9 Å². The van der Waals surface area contributed by atoms with Crippen molar-refractivity contribution in [3.8, 4) is 11.5 Å². The lowest BCUT2D eigenvalue weighted by Crippen LogP contribution is -2.41. The molecule has 0 bridgehead atoms. The number of nitrogens with zero attached hydrogens (tertiary/aromatic N) is 8. The minimum atomic E-state index is -0.603. The average Bonchev–Trinajstić information content (AvgIpc) is 3.31. The normalized spacial score (nSPS) is 16.7. The number of hydrogen-bond acceptors (Lipinski definition) is 9. The molecule has 1 aromatic carbocycles. The lowest BCUT2D eigenvalue weighted by atomic mass is 10.1. The summed E-state index contributed by atoms with van der Waals surface area (Å²) in [6.45, 7) is 4.94. The van der Waals surface area contributed by atoms with E-state index in [4.69, 9.17) is 20.5 Å². The van der Waals surface area contributed by atoms with Crippen LogP contribution in [0.5, 0.6) is 11.5 Å². The van der Waals surface area contributed by atoms with Crippen LogP contribution in [-0.4, -0.2) is 70.7 Å². The van der Waals surface area contributed by atoms with Crippen LogP contribution in [0.25, 0.3) is 20.9 Å². The molecule has 13 nitrogen and oxygen atoms in total. The summed E-state index contributed by atoms with van der Waals surface area (Å²) in [5.74, 6) is 1.56. The van der Waals surface area contributed by atoms with Crippen LogP contribution >= 0.6 is 23.5 Å². The predicted molar refractivity (Wildman–Crippen MR) is 145 cm³/mol. The Morgan fingerprint density at radius 1 is 1.22 bits per heavy atom. The van der Waals surface area contributed by atoms with Gasteiger partial charge in [0.15, 0.2) is 11.5 Å². The number of nitro groups is 1. The minimum absolute atomic E-state index is 0.0419. The second-order valence-corrected chi connectivity index (χ2v) is 11.2. The van der Waals surface area contributed by atoms with Gasteiger partial charge in [-0.3, -0.25) is 14.9 Å². The Kier molecular flexibility index (Phi) is 13.1. The van der Waals surface area contributed by atoms with E-state index >= 15 is 0 Å². The smallest absolute Gasteiger partial charge is 0.286 e. The van der Waals surface area contributed by atoms with Gasteiger partial charge in [0, 0.05) is 29.0 Å². The van der Waals surface area contributed by atoms with Crippen LogP contribution in [0.4, 0.5) is 5.69 Å². The molecule has 1 aliphatic heterocycles. The first-order valence-electron chi connectivity index (χ1n) is 12.0. The Morgan fingerprint density at radius 3 is 2.54 bits per heavy atom. The topological polar surface area (TPSA) is 179 Å². The number of hydrogen-bond donors (Lipinski definition) is 0. The number of rotatable bonds is 16. The molecule has 37 heavy (non-hydrogen) atoms. The van der Waals surface area contributed by atoms with Crippen molar-refractivity contribution >= 4 is 35.1 Å². The van der Waals surface area contributed by atoms with E-state index in [9.17, 15) is 14.9 Å². The Labute approximate surface area is 224 Å². The molecule has 15 heteroatoms. The number of carbonyl (C=O) groups is 1. The van der Waals surface area contributed by atoms with Crippen molar-refractivity contribution in [2.45, 2.75) is 56.2 Å². The zero-order chi connectivity index (χ0) is 27.2. The van der Waals surface area contributed by atoms with Crippen molar-refractivity contribution in [1.82, 2.24) is 4.90 Å². The molecule has 1 saturated heterocycles. The van der Waals surface area contributed by atoms with Crippen LogP contribution in [0.2, 0.25) is 0 Å². The van der Waals surface area contributed by atoms with E-state index in [1.807, 2.05) is 13.8 Å². The molecule has 1 amide bonds. The number of amides is 1. The SMILES string of the molecule is CCSC(SCC)[C@@H]1C[C@H](N=[N+]=[N-])CN1C(=O)c1cc(OC)c(OCCCCCN=[N+]=[N-])cc1[N+](=O)[O-]. The highest BCUT2D eigenvalue weighted by Gasteiger charge is 2.41. The van der Waals surface area contributed by atoms with Gasteiger partial charge in [-0.25, -0.2) is 0 Å². The number of ether oxygens (including phenoxy) is 2. The Morgan fingerprint density at radius 2 is 1.95 bits per heavy atom. The number of likely N-dealkylation sites (tertiary alicyclic amines) is 1. The quantitative estimate of drug-likeness (QED) is 0.0446. The van der Waals surface area contributed by atoms with E-state index in [-0.39, 0.29) is 46.5 Å². The van der Waals surface area contributed by atoms with E-state index in [0.717, 1.165) is 17.9 Å². The fraction of sp³-hybridized carbons (Fsp3) is 0.682. The van der Waals surface area contributed by atoms with Gasteiger partial charge in [-0.2, -0.15) is 0 Å². The summed E-state index contributed by atoms with van der Waals surface area (Å²) in [7, 11) is 1.41. The molecule has 1 fully saturated rings. The van der Waals surface area contributed by atoms with Gasteiger partial charge in [0.25, 0.3) is 11.6 Å². The summed E-state index contributed by atoms with van der Waals surface area (Å²) in [4.78, 5) is 32.3. The van der Waals surface area contributed by atoms with Gasteiger partial charge >= 0.3 is 0 Å².